The summed E-state index contributed by atoms with van der Waals surface area (Å²) in [5.41, 5.74) is 2.69. The molecule has 1 saturated heterocycles. The van der Waals surface area contributed by atoms with Gasteiger partial charge in [-0.3, -0.25) is 9.69 Å². The molecule has 0 unspecified atom stereocenters. The van der Waals surface area contributed by atoms with Gasteiger partial charge >= 0.3 is 0 Å². The summed E-state index contributed by atoms with van der Waals surface area (Å²) in [6.07, 6.45) is 2.43. The number of pyridine rings is 1. The monoisotopic (exact) mass is 361 g/mol. The first-order valence-corrected chi connectivity index (χ1v) is 8.94. The summed E-state index contributed by atoms with van der Waals surface area (Å²) in [7, 11) is 0. The molecule has 7 heteroatoms. The van der Waals surface area contributed by atoms with Crippen molar-refractivity contribution in [2.24, 2.45) is 0 Å². The largest absolute Gasteiger partial charge is 0.338 e. The Morgan fingerprint density at radius 2 is 1.93 bits per heavy atom. The van der Waals surface area contributed by atoms with Gasteiger partial charge in [0.25, 0.3) is 5.56 Å². The number of nitrogens with zero attached hydrogens (tertiary/aromatic N) is 4. The van der Waals surface area contributed by atoms with Crippen molar-refractivity contribution >= 4 is 0 Å². The molecule has 3 heterocycles. The summed E-state index contributed by atoms with van der Waals surface area (Å²) in [5.74, 6) is 1.16. The van der Waals surface area contributed by atoms with E-state index < -0.39 is 0 Å². The lowest BCUT2D eigenvalue weighted by atomic mass is 10.00. The molecule has 0 spiro atoms. The number of aryl methyl sites for hydroxylation is 1. The molecule has 1 aromatic carbocycles. The van der Waals surface area contributed by atoms with Crippen LogP contribution in [0.4, 0.5) is 0 Å². The molecule has 3 aromatic rings. The van der Waals surface area contributed by atoms with E-state index in [1.54, 1.807) is 13.0 Å². The summed E-state index contributed by atoms with van der Waals surface area (Å²) < 4.78 is 5.37. The van der Waals surface area contributed by atoms with Gasteiger partial charge in [0.2, 0.25) is 11.7 Å². The third kappa shape index (κ3) is 3.52. The second kappa shape index (κ2) is 7.17. The number of nitrogens with one attached hydrogen (secondary N) is 1. The molecule has 0 saturated carbocycles. The Hall–Kier alpha value is -3.24. The number of hydrogen-bond donors (Lipinski definition) is 1. The Kier molecular flexibility index (Phi) is 4.57. The van der Waals surface area contributed by atoms with Gasteiger partial charge in [0.1, 0.15) is 11.6 Å². The summed E-state index contributed by atoms with van der Waals surface area (Å²) in [6.45, 7) is 4.62. The second-order valence-electron chi connectivity index (χ2n) is 6.75. The molecule has 0 aliphatic carbocycles. The molecular formula is C20H19N5O2. The number of aromatic amines is 1. The average molecular weight is 361 g/mol. The molecule has 0 radical (unpaired) electrons. The maximum atomic E-state index is 12.0. The number of rotatable bonds is 4. The summed E-state index contributed by atoms with van der Waals surface area (Å²) in [4.78, 5) is 21.4. The van der Waals surface area contributed by atoms with Crippen molar-refractivity contribution in [2.75, 3.05) is 13.1 Å². The van der Waals surface area contributed by atoms with Crippen LogP contribution in [0, 0.1) is 18.3 Å². The summed E-state index contributed by atoms with van der Waals surface area (Å²) >= 11 is 0. The van der Waals surface area contributed by atoms with Crippen molar-refractivity contribution in [3.05, 3.63) is 57.8 Å². The number of hydrogen-bond acceptors (Lipinski definition) is 6. The first kappa shape index (κ1) is 17.2. The number of H-pyrrole nitrogens is 1. The van der Waals surface area contributed by atoms with Crippen LogP contribution in [0.15, 0.2) is 39.6 Å². The van der Waals surface area contributed by atoms with E-state index in [1.807, 2.05) is 30.3 Å². The van der Waals surface area contributed by atoms with Crippen LogP contribution in [0.2, 0.25) is 0 Å². The second-order valence-corrected chi connectivity index (χ2v) is 6.75. The zero-order valence-corrected chi connectivity index (χ0v) is 15.0. The van der Waals surface area contributed by atoms with Gasteiger partial charge in [-0.15, -0.1) is 0 Å². The fourth-order valence-corrected chi connectivity index (χ4v) is 3.39. The minimum atomic E-state index is -0.374. The van der Waals surface area contributed by atoms with Crippen LogP contribution >= 0.6 is 0 Å². The van der Waals surface area contributed by atoms with Gasteiger partial charge in [-0.05, 0) is 44.5 Å². The Balaban J connectivity index is 1.59. The zero-order valence-electron chi connectivity index (χ0n) is 15.0. The minimum Gasteiger partial charge on any atom is -0.338 e. The SMILES string of the molecule is Cc1cc(-c2ccc(-c3noc(CN4CCCC4)n3)cc2)c(C#N)c(=O)[nH]1. The maximum absolute atomic E-state index is 12.0. The number of likely N-dealkylation sites (tertiary alicyclic amines) is 1. The predicted octanol–water partition coefficient (Wildman–Crippen LogP) is 2.87. The van der Waals surface area contributed by atoms with Gasteiger partial charge in [-0.25, -0.2) is 0 Å². The van der Waals surface area contributed by atoms with Crippen molar-refractivity contribution in [1.29, 1.82) is 5.26 Å². The fraction of sp³-hybridized carbons (Fsp3) is 0.300. The molecule has 0 amide bonds. The van der Waals surface area contributed by atoms with Crippen LogP contribution in [0.25, 0.3) is 22.5 Å². The van der Waals surface area contributed by atoms with Crippen LogP contribution < -0.4 is 5.56 Å². The molecule has 1 N–H and O–H groups in total. The van der Waals surface area contributed by atoms with E-state index in [0.717, 1.165) is 24.2 Å². The van der Waals surface area contributed by atoms with Crippen molar-refractivity contribution in [2.45, 2.75) is 26.3 Å². The lowest BCUT2D eigenvalue weighted by Crippen LogP contribution is -2.18. The highest BCUT2D eigenvalue weighted by Gasteiger charge is 2.16. The quantitative estimate of drug-likeness (QED) is 0.767. The standard InChI is InChI=1S/C20H19N5O2/c1-13-10-16(17(11-21)20(26)22-13)14-4-6-15(7-5-14)19-23-18(27-24-19)12-25-8-2-3-9-25/h4-7,10H,2-3,8-9,12H2,1H3,(H,22,26). The van der Waals surface area contributed by atoms with Gasteiger partial charge in [-0.2, -0.15) is 10.2 Å². The molecule has 27 heavy (non-hydrogen) atoms. The van der Waals surface area contributed by atoms with E-state index in [0.29, 0.717) is 29.5 Å². The number of benzene rings is 1. The number of aromatic nitrogens is 3. The highest BCUT2D eigenvalue weighted by Crippen LogP contribution is 2.25. The van der Waals surface area contributed by atoms with Gasteiger partial charge in [-0.1, -0.05) is 29.4 Å². The van der Waals surface area contributed by atoms with E-state index in [2.05, 4.69) is 20.0 Å². The first-order valence-electron chi connectivity index (χ1n) is 8.94. The molecule has 2 aromatic heterocycles. The Bertz CT molecular complexity index is 1050. The molecule has 0 bridgehead atoms. The van der Waals surface area contributed by atoms with Crippen LogP contribution in [-0.2, 0) is 6.54 Å². The van der Waals surface area contributed by atoms with E-state index >= 15 is 0 Å². The molecule has 136 valence electrons. The third-order valence-corrected chi connectivity index (χ3v) is 4.76. The maximum Gasteiger partial charge on any atom is 0.266 e. The molecule has 1 fully saturated rings. The topological polar surface area (TPSA) is 98.8 Å². The van der Waals surface area contributed by atoms with E-state index in [-0.39, 0.29) is 11.1 Å². The first-order chi connectivity index (χ1) is 13.1. The molecule has 4 rings (SSSR count). The average Bonchev–Trinajstić information content (AvgIpc) is 3.34. The lowest BCUT2D eigenvalue weighted by Gasteiger charge is -2.09. The summed E-state index contributed by atoms with van der Waals surface area (Å²) in [5, 5.41) is 13.4. The van der Waals surface area contributed by atoms with Crippen molar-refractivity contribution in [3.63, 3.8) is 0 Å². The van der Waals surface area contributed by atoms with Crippen LogP contribution in [0.1, 0.15) is 30.0 Å². The lowest BCUT2D eigenvalue weighted by molar-refractivity contribution is 0.268. The van der Waals surface area contributed by atoms with Crippen molar-refractivity contribution < 1.29 is 4.52 Å². The highest BCUT2D eigenvalue weighted by molar-refractivity contribution is 5.72. The van der Waals surface area contributed by atoms with Crippen LogP contribution in [0.5, 0.6) is 0 Å². The molecule has 7 nitrogen and oxygen atoms in total. The smallest absolute Gasteiger partial charge is 0.266 e. The van der Waals surface area contributed by atoms with Crippen LogP contribution in [-0.4, -0.2) is 33.1 Å². The van der Waals surface area contributed by atoms with Gasteiger partial charge < -0.3 is 9.51 Å². The van der Waals surface area contributed by atoms with E-state index in [4.69, 9.17) is 4.52 Å². The van der Waals surface area contributed by atoms with Gasteiger partial charge in [0.15, 0.2) is 0 Å². The molecule has 1 aliphatic heterocycles. The van der Waals surface area contributed by atoms with Gasteiger partial charge in [0.05, 0.1) is 6.54 Å². The molecular weight excluding hydrogens is 342 g/mol. The van der Waals surface area contributed by atoms with Gasteiger partial charge in [0, 0.05) is 16.8 Å². The Morgan fingerprint density at radius 3 is 2.63 bits per heavy atom. The van der Waals surface area contributed by atoms with E-state index in [1.165, 1.54) is 12.8 Å². The Morgan fingerprint density at radius 1 is 1.22 bits per heavy atom. The van der Waals surface area contributed by atoms with Crippen molar-refractivity contribution in [1.82, 2.24) is 20.0 Å². The third-order valence-electron chi connectivity index (χ3n) is 4.76. The normalized spacial score (nSPS) is 14.4. The van der Waals surface area contributed by atoms with Crippen LogP contribution in [0.3, 0.4) is 0 Å². The predicted molar refractivity (Wildman–Crippen MR) is 99.8 cm³/mol. The summed E-state index contributed by atoms with van der Waals surface area (Å²) in [6, 6.07) is 11.3. The van der Waals surface area contributed by atoms with Crippen molar-refractivity contribution in [3.8, 4) is 28.6 Å². The number of nitriles is 1. The highest BCUT2D eigenvalue weighted by atomic mass is 16.5. The Labute approximate surface area is 156 Å². The molecule has 0 atom stereocenters. The fourth-order valence-electron chi connectivity index (χ4n) is 3.39. The zero-order chi connectivity index (χ0) is 18.8. The molecule has 1 aliphatic rings. The minimum absolute atomic E-state index is 0.112. The van der Waals surface area contributed by atoms with E-state index in [9.17, 15) is 10.1 Å².